The largest absolute Gasteiger partial charge is 0.468 e. The molecular formula is C16H16N4O4S. The third-order valence-corrected chi connectivity index (χ3v) is 3.95. The van der Waals surface area contributed by atoms with Crippen LogP contribution in [0.5, 0.6) is 0 Å². The average Bonchev–Trinajstić information content (AvgIpc) is 3.10. The SMILES string of the molecule is C=C(NC(=O)c1csc(-c2ccc(N)cc2)n1)C(=O)NCC(=O)OC. The predicted octanol–water partition coefficient (Wildman–Crippen LogP) is 0.925. The van der Waals surface area contributed by atoms with Crippen molar-refractivity contribution in [1.29, 1.82) is 0 Å². The summed E-state index contributed by atoms with van der Waals surface area (Å²) in [5.41, 5.74) is 7.05. The zero-order valence-electron chi connectivity index (χ0n) is 13.4. The Kier molecular flexibility index (Phi) is 5.85. The van der Waals surface area contributed by atoms with Crippen molar-refractivity contribution in [2.45, 2.75) is 0 Å². The summed E-state index contributed by atoms with van der Waals surface area (Å²) in [4.78, 5) is 39.1. The minimum Gasteiger partial charge on any atom is -0.468 e. The number of nitrogen functional groups attached to an aromatic ring is 1. The molecule has 0 fully saturated rings. The second-order valence-electron chi connectivity index (χ2n) is 4.85. The highest BCUT2D eigenvalue weighted by molar-refractivity contribution is 7.13. The number of aromatic nitrogens is 1. The van der Waals surface area contributed by atoms with E-state index in [9.17, 15) is 14.4 Å². The molecule has 25 heavy (non-hydrogen) atoms. The highest BCUT2D eigenvalue weighted by atomic mass is 32.1. The van der Waals surface area contributed by atoms with E-state index in [1.807, 2.05) is 0 Å². The lowest BCUT2D eigenvalue weighted by Gasteiger charge is -2.07. The molecule has 130 valence electrons. The molecule has 8 nitrogen and oxygen atoms in total. The van der Waals surface area contributed by atoms with Crippen molar-refractivity contribution >= 4 is 34.8 Å². The van der Waals surface area contributed by atoms with Crippen LogP contribution in [0.3, 0.4) is 0 Å². The lowest BCUT2D eigenvalue weighted by molar-refractivity contribution is -0.140. The highest BCUT2D eigenvalue weighted by Gasteiger charge is 2.16. The second kappa shape index (κ2) is 8.06. The van der Waals surface area contributed by atoms with Gasteiger partial charge >= 0.3 is 5.97 Å². The Bertz CT molecular complexity index is 814. The lowest BCUT2D eigenvalue weighted by Crippen LogP contribution is -2.37. The Balaban J connectivity index is 1.97. The third-order valence-electron chi connectivity index (χ3n) is 3.05. The molecule has 2 amide bonds. The summed E-state index contributed by atoms with van der Waals surface area (Å²) in [6.45, 7) is 3.15. The number of hydrogen-bond acceptors (Lipinski definition) is 7. The molecule has 4 N–H and O–H groups in total. The van der Waals surface area contributed by atoms with Gasteiger partial charge in [-0.1, -0.05) is 6.58 Å². The van der Waals surface area contributed by atoms with E-state index < -0.39 is 17.8 Å². The van der Waals surface area contributed by atoms with Gasteiger partial charge in [0, 0.05) is 16.6 Å². The molecule has 0 aliphatic heterocycles. The Morgan fingerprint density at radius 2 is 1.96 bits per heavy atom. The molecule has 0 atom stereocenters. The Hall–Kier alpha value is -3.20. The fraction of sp³-hybridized carbons (Fsp3) is 0.125. The number of amides is 2. The molecule has 1 heterocycles. The van der Waals surface area contributed by atoms with Crippen LogP contribution >= 0.6 is 11.3 Å². The topological polar surface area (TPSA) is 123 Å². The number of carbonyl (C=O) groups is 3. The Labute approximate surface area is 147 Å². The van der Waals surface area contributed by atoms with E-state index in [2.05, 4.69) is 26.9 Å². The molecule has 0 saturated heterocycles. The fourth-order valence-corrected chi connectivity index (χ4v) is 2.53. The van der Waals surface area contributed by atoms with Crippen LogP contribution in [0.1, 0.15) is 10.5 Å². The summed E-state index contributed by atoms with van der Waals surface area (Å²) in [6, 6.07) is 7.08. The normalized spacial score (nSPS) is 9.96. The maximum atomic E-state index is 12.1. The van der Waals surface area contributed by atoms with Gasteiger partial charge in [0.25, 0.3) is 11.8 Å². The quantitative estimate of drug-likeness (QED) is 0.400. The Morgan fingerprint density at radius 3 is 2.60 bits per heavy atom. The van der Waals surface area contributed by atoms with E-state index in [1.165, 1.54) is 18.4 Å². The van der Waals surface area contributed by atoms with E-state index >= 15 is 0 Å². The molecule has 0 bridgehead atoms. The fourth-order valence-electron chi connectivity index (χ4n) is 1.73. The van der Waals surface area contributed by atoms with Crippen molar-refractivity contribution < 1.29 is 19.1 Å². The van der Waals surface area contributed by atoms with E-state index in [0.29, 0.717) is 10.7 Å². The minimum absolute atomic E-state index is 0.152. The molecule has 0 radical (unpaired) electrons. The van der Waals surface area contributed by atoms with Crippen LogP contribution in [0.4, 0.5) is 5.69 Å². The first-order valence-electron chi connectivity index (χ1n) is 7.07. The van der Waals surface area contributed by atoms with E-state index in [0.717, 1.165) is 5.56 Å². The third kappa shape index (κ3) is 4.88. The van der Waals surface area contributed by atoms with Gasteiger partial charge in [0.1, 0.15) is 17.2 Å². The van der Waals surface area contributed by atoms with Crippen LogP contribution < -0.4 is 16.4 Å². The van der Waals surface area contributed by atoms with Gasteiger partial charge in [0.2, 0.25) is 0 Å². The summed E-state index contributed by atoms with van der Waals surface area (Å²) >= 11 is 1.29. The van der Waals surface area contributed by atoms with Gasteiger partial charge in [-0.3, -0.25) is 14.4 Å². The van der Waals surface area contributed by atoms with Gasteiger partial charge in [0.15, 0.2) is 0 Å². The standard InChI is InChI=1S/C16H16N4O4S/c1-9(14(22)18-7-13(21)24-2)19-15(23)12-8-25-16(20-12)10-3-5-11(17)6-4-10/h3-6,8H,1,7,17H2,2H3,(H,18,22)(H,19,23). The number of thiazole rings is 1. The molecule has 0 aliphatic rings. The molecule has 1 aromatic heterocycles. The second-order valence-corrected chi connectivity index (χ2v) is 5.71. The molecule has 0 spiro atoms. The van der Waals surface area contributed by atoms with Gasteiger partial charge in [-0.2, -0.15) is 0 Å². The molecule has 0 unspecified atom stereocenters. The maximum absolute atomic E-state index is 12.1. The van der Waals surface area contributed by atoms with Crippen LogP contribution in [0.15, 0.2) is 41.9 Å². The van der Waals surface area contributed by atoms with E-state index in [4.69, 9.17) is 5.73 Å². The number of nitrogens with one attached hydrogen (secondary N) is 2. The number of nitrogens with zero attached hydrogens (tertiary/aromatic N) is 1. The number of ether oxygens (including phenoxy) is 1. The summed E-state index contributed by atoms with van der Waals surface area (Å²) < 4.78 is 4.40. The van der Waals surface area contributed by atoms with Gasteiger partial charge < -0.3 is 21.1 Å². The molecule has 0 saturated carbocycles. The van der Waals surface area contributed by atoms with Crippen molar-refractivity contribution in [3.8, 4) is 10.6 Å². The van der Waals surface area contributed by atoms with Crippen molar-refractivity contribution in [1.82, 2.24) is 15.6 Å². The number of anilines is 1. The lowest BCUT2D eigenvalue weighted by atomic mass is 10.2. The zero-order valence-corrected chi connectivity index (χ0v) is 14.2. The van der Waals surface area contributed by atoms with E-state index in [-0.39, 0.29) is 17.9 Å². The maximum Gasteiger partial charge on any atom is 0.325 e. The summed E-state index contributed by atoms with van der Waals surface area (Å²) in [5.74, 6) is -1.87. The smallest absolute Gasteiger partial charge is 0.325 e. The summed E-state index contributed by atoms with van der Waals surface area (Å²) in [5, 5.41) is 6.82. The number of carbonyl (C=O) groups excluding carboxylic acids is 3. The van der Waals surface area contributed by atoms with Gasteiger partial charge in [0.05, 0.1) is 12.8 Å². The molecule has 2 aromatic rings. The number of esters is 1. The monoisotopic (exact) mass is 360 g/mol. The number of benzene rings is 1. The van der Waals surface area contributed by atoms with Gasteiger partial charge in [-0.05, 0) is 24.3 Å². The van der Waals surface area contributed by atoms with Crippen LogP contribution in [0, 0.1) is 0 Å². The van der Waals surface area contributed by atoms with Crippen LogP contribution in [0.25, 0.3) is 10.6 Å². The van der Waals surface area contributed by atoms with Crippen LogP contribution in [0.2, 0.25) is 0 Å². The molecule has 1 aromatic carbocycles. The van der Waals surface area contributed by atoms with Gasteiger partial charge in [-0.15, -0.1) is 11.3 Å². The highest BCUT2D eigenvalue weighted by Crippen LogP contribution is 2.24. The van der Waals surface area contributed by atoms with E-state index in [1.54, 1.807) is 29.6 Å². The van der Waals surface area contributed by atoms with Crippen LogP contribution in [-0.4, -0.2) is 36.4 Å². The van der Waals surface area contributed by atoms with Crippen molar-refractivity contribution in [2.24, 2.45) is 0 Å². The molecule has 2 rings (SSSR count). The summed E-state index contributed by atoms with van der Waals surface area (Å²) in [7, 11) is 1.20. The number of nitrogens with two attached hydrogens (primary N) is 1. The average molecular weight is 360 g/mol. The number of rotatable bonds is 6. The molecule has 0 aliphatic carbocycles. The number of hydrogen-bond donors (Lipinski definition) is 3. The minimum atomic E-state index is -0.687. The summed E-state index contributed by atoms with van der Waals surface area (Å²) in [6.07, 6.45) is 0. The Morgan fingerprint density at radius 1 is 1.28 bits per heavy atom. The van der Waals surface area contributed by atoms with Crippen molar-refractivity contribution in [3.63, 3.8) is 0 Å². The zero-order chi connectivity index (χ0) is 18.4. The first-order valence-corrected chi connectivity index (χ1v) is 7.95. The van der Waals surface area contributed by atoms with Gasteiger partial charge in [-0.25, -0.2) is 4.98 Å². The molecule has 9 heteroatoms. The van der Waals surface area contributed by atoms with Crippen molar-refractivity contribution in [2.75, 3.05) is 19.4 Å². The van der Waals surface area contributed by atoms with Crippen molar-refractivity contribution in [3.05, 3.63) is 47.6 Å². The molecular weight excluding hydrogens is 344 g/mol. The number of methoxy groups -OCH3 is 1. The first kappa shape index (κ1) is 18.1. The van der Waals surface area contributed by atoms with Crippen LogP contribution in [-0.2, 0) is 14.3 Å². The first-order chi connectivity index (χ1) is 11.9. The predicted molar refractivity (Wildman–Crippen MR) is 93.6 cm³/mol.